The third-order valence-electron chi connectivity index (χ3n) is 3.61. The maximum Gasteiger partial charge on any atom is 0.387 e. The van der Waals surface area contributed by atoms with Gasteiger partial charge in [0, 0.05) is 29.3 Å². The topological polar surface area (TPSA) is 76.1 Å². The molecule has 0 saturated carbocycles. The number of ether oxygens (including phenoxy) is 1. The normalized spacial score (nSPS) is 10.5. The van der Waals surface area contributed by atoms with Gasteiger partial charge in [0.05, 0.1) is 6.20 Å². The van der Waals surface area contributed by atoms with Crippen LogP contribution in [0.25, 0.3) is 0 Å². The first-order chi connectivity index (χ1) is 13.0. The molecule has 3 rings (SSSR count). The first-order valence-electron chi connectivity index (χ1n) is 8.01. The van der Waals surface area contributed by atoms with Crippen LogP contribution < -0.4 is 15.4 Å². The first kappa shape index (κ1) is 18.2. The molecule has 2 aromatic carbocycles. The molecule has 0 aliphatic rings. The summed E-state index contributed by atoms with van der Waals surface area (Å²) in [5.41, 5.74) is 2.08. The lowest BCUT2D eigenvalue weighted by Gasteiger charge is -2.11. The highest BCUT2D eigenvalue weighted by Gasteiger charge is 2.11. The molecule has 0 atom stereocenters. The van der Waals surface area contributed by atoms with Gasteiger partial charge < -0.3 is 15.4 Å². The highest BCUT2D eigenvalue weighted by Crippen LogP contribution is 2.24. The molecular weight excluding hydrogens is 354 g/mol. The molecule has 3 aromatic rings. The van der Waals surface area contributed by atoms with Crippen LogP contribution in [-0.4, -0.2) is 22.5 Å². The number of nitrogens with one attached hydrogen (secondary N) is 2. The van der Waals surface area contributed by atoms with Crippen molar-refractivity contribution in [2.75, 3.05) is 10.6 Å². The fourth-order valence-electron chi connectivity index (χ4n) is 2.41. The Balaban J connectivity index is 1.71. The third kappa shape index (κ3) is 4.97. The molecule has 138 valence electrons. The van der Waals surface area contributed by atoms with E-state index >= 15 is 0 Å². The van der Waals surface area contributed by atoms with Crippen LogP contribution in [0.3, 0.4) is 0 Å². The number of carbonyl (C=O) groups is 1. The quantitative estimate of drug-likeness (QED) is 0.673. The zero-order valence-electron chi connectivity index (χ0n) is 14.3. The second kappa shape index (κ2) is 8.22. The van der Waals surface area contributed by atoms with Crippen LogP contribution in [0.15, 0.2) is 61.1 Å². The smallest absolute Gasteiger partial charge is 0.387 e. The number of alkyl halides is 2. The molecule has 0 saturated heterocycles. The van der Waals surface area contributed by atoms with Crippen molar-refractivity contribution in [3.8, 4) is 5.75 Å². The summed E-state index contributed by atoms with van der Waals surface area (Å²) in [6.45, 7) is -1.27. The van der Waals surface area contributed by atoms with Crippen molar-refractivity contribution in [2.24, 2.45) is 0 Å². The summed E-state index contributed by atoms with van der Waals surface area (Å²) in [5, 5.41) is 5.79. The summed E-state index contributed by atoms with van der Waals surface area (Å²) in [6, 6.07) is 11.3. The number of rotatable bonds is 6. The van der Waals surface area contributed by atoms with E-state index in [0.717, 1.165) is 0 Å². The maximum absolute atomic E-state index is 12.5. The molecule has 0 aliphatic carbocycles. The Labute approximate surface area is 154 Å². The van der Waals surface area contributed by atoms with Crippen molar-refractivity contribution in [3.63, 3.8) is 0 Å². The Morgan fingerprint density at radius 3 is 2.67 bits per heavy atom. The number of carbonyl (C=O) groups excluding carboxylic acids is 1. The molecule has 1 amide bonds. The van der Waals surface area contributed by atoms with Gasteiger partial charge in [-0.15, -0.1) is 0 Å². The largest absolute Gasteiger partial charge is 0.435 e. The van der Waals surface area contributed by atoms with E-state index in [9.17, 15) is 13.6 Å². The Bertz CT molecular complexity index is 936. The molecule has 6 nitrogen and oxygen atoms in total. The fraction of sp³-hybridized carbons (Fsp3) is 0.105. The Morgan fingerprint density at radius 2 is 1.96 bits per heavy atom. The number of anilines is 3. The van der Waals surface area contributed by atoms with E-state index in [0.29, 0.717) is 28.3 Å². The average Bonchev–Trinajstić information content (AvgIpc) is 2.65. The van der Waals surface area contributed by atoms with E-state index in [1.54, 1.807) is 55.8 Å². The summed E-state index contributed by atoms with van der Waals surface area (Å²) in [5.74, 6) is 0.290. The predicted octanol–water partition coefficient (Wildman–Crippen LogP) is 4.38. The predicted molar refractivity (Wildman–Crippen MR) is 97.5 cm³/mol. The third-order valence-corrected chi connectivity index (χ3v) is 3.61. The fourth-order valence-corrected chi connectivity index (χ4v) is 2.41. The number of aromatic nitrogens is 2. The van der Waals surface area contributed by atoms with Gasteiger partial charge in [-0.3, -0.25) is 9.78 Å². The van der Waals surface area contributed by atoms with Gasteiger partial charge in [0.1, 0.15) is 11.6 Å². The van der Waals surface area contributed by atoms with Gasteiger partial charge in [0.25, 0.3) is 5.91 Å². The zero-order valence-corrected chi connectivity index (χ0v) is 14.3. The SMILES string of the molecule is Cc1cc(NC(=O)c2cccc(Nc3cnccn3)c2)ccc1OC(F)F. The Kier molecular flexibility index (Phi) is 5.55. The van der Waals surface area contributed by atoms with Crippen molar-refractivity contribution in [2.45, 2.75) is 13.5 Å². The van der Waals surface area contributed by atoms with Crippen LogP contribution in [0.1, 0.15) is 15.9 Å². The van der Waals surface area contributed by atoms with E-state index < -0.39 is 6.61 Å². The number of aryl methyl sites for hydroxylation is 1. The molecule has 0 spiro atoms. The molecule has 0 fully saturated rings. The second-order valence-corrected chi connectivity index (χ2v) is 5.61. The van der Waals surface area contributed by atoms with E-state index in [1.165, 1.54) is 12.1 Å². The summed E-state index contributed by atoms with van der Waals surface area (Å²) in [4.78, 5) is 20.6. The lowest BCUT2D eigenvalue weighted by atomic mass is 10.1. The monoisotopic (exact) mass is 370 g/mol. The lowest BCUT2D eigenvalue weighted by Crippen LogP contribution is -2.12. The number of halogens is 2. The highest BCUT2D eigenvalue weighted by atomic mass is 19.3. The maximum atomic E-state index is 12.5. The molecule has 0 bridgehead atoms. The van der Waals surface area contributed by atoms with Crippen LogP contribution in [0, 0.1) is 6.92 Å². The minimum atomic E-state index is -2.89. The molecule has 8 heteroatoms. The van der Waals surface area contributed by atoms with Gasteiger partial charge in [0.2, 0.25) is 0 Å². The molecule has 1 aromatic heterocycles. The molecule has 1 heterocycles. The van der Waals surface area contributed by atoms with Crippen molar-refractivity contribution in [1.82, 2.24) is 9.97 Å². The lowest BCUT2D eigenvalue weighted by molar-refractivity contribution is -0.0502. The molecule has 2 N–H and O–H groups in total. The van der Waals surface area contributed by atoms with Crippen LogP contribution in [0.5, 0.6) is 5.75 Å². The molecular formula is C19H16F2N4O2. The highest BCUT2D eigenvalue weighted by molar-refractivity contribution is 6.04. The van der Waals surface area contributed by atoms with Gasteiger partial charge in [-0.25, -0.2) is 4.98 Å². The molecule has 27 heavy (non-hydrogen) atoms. The summed E-state index contributed by atoms with van der Waals surface area (Å²) >= 11 is 0. The second-order valence-electron chi connectivity index (χ2n) is 5.61. The van der Waals surface area contributed by atoms with E-state index in [2.05, 4.69) is 25.3 Å². The number of hydrogen-bond donors (Lipinski definition) is 2. The van der Waals surface area contributed by atoms with E-state index in [-0.39, 0.29) is 11.7 Å². The van der Waals surface area contributed by atoms with Gasteiger partial charge in [-0.1, -0.05) is 6.07 Å². The van der Waals surface area contributed by atoms with Crippen molar-refractivity contribution in [1.29, 1.82) is 0 Å². The minimum Gasteiger partial charge on any atom is -0.435 e. The first-order valence-corrected chi connectivity index (χ1v) is 8.01. The van der Waals surface area contributed by atoms with Crippen molar-refractivity contribution >= 4 is 23.1 Å². The van der Waals surface area contributed by atoms with Crippen LogP contribution in [0.4, 0.5) is 26.0 Å². The molecule has 0 radical (unpaired) electrons. The summed E-state index contributed by atoms with van der Waals surface area (Å²) < 4.78 is 29.0. The van der Waals surface area contributed by atoms with E-state index in [4.69, 9.17) is 0 Å². The van der Waals surface area contributed by atoms with Crippen molar-refractivity contribution in [3.05, 3.63) is 72.2 Å². The minimum absolute atomic E-state index is 0.0677. The van der Waals surface area contributed by atoms with Gasteiger partial charge >= 0.3 is 6.61 Å². The van der Waals surface area contributed by atoms with Crippen LogP contribution in [0.2, 0.25) is 0 Å². The van der Waals surface area contributed by atoms with Crippen LogP contribution in [-0.2, 0) is 0 Å². The summed E-state index contributed by atoms with van der Waals surface area (Å²) in [7, 11) is 0. The Morgan fingerprint density at radius 1 is 1.11 bits per heavy atom. The standard InChI is InChI=1S/C19H16F2N4O2/c1-12-9-15(5-6-16(12)27-19(20)21)25-18(26)13-3-2-4-14(10-13)24-17-11-22-7-8-23-17/h2-11,19H,1H3,(H,23,24)(H,25,26). The number of benzene rings is 2. The van der Waals surface area contributed by atoms with Crippen LogP contribution >= 0.6 is 0 Å². The van der Waals surface area contributed by atoms with Gasteiger partial charge in [-0.2, -0.15) is 8.78 Å². The molecule has 0 unspecified atom stereocenters. The average molecular weight is 370 g/mol. The molecule has 0 aliphatic heterocycles. The number of nitrogens with zero attached hydrogens (tertiary/aromatic N) is 2. The van der Waals surface area contributed by atoms with Gasteiger partial charge in [0.15, 0.2) is 0 Å². The number of hydrogen-bond acceptors (Lipinski definition) is 5. The van der Waals surface area contributed by atoms with Gasteiger partial charge in [-0.05, 0) is 48.9 Å². The van der Waals surface area contributed by atoms with Crippen molar-refractivity contribution < 1.29 is 18.3 Å². The summed E-state index contributed by atoms with van der Waals surface area (Å²) in [6.07, 6.45) is 4.69. The Hall–Kier alpha value is -3.55. The van der Waals surface area contributed by atoms with E-state index in [1.807, 2.05) is 0 Å². The number of amides is 1. The zero-order chi connectivity index (χ0) is 19.2.